The fourth-order valence-electron chi connectivity index (χ4n) is 1.34. The van der Waals surface area contributed by atoms with Gasteiger partial charge in [0.1, 0.15) is 12.9 Å². The van der Waals surface area contributed by atoms with Crippen LogP contribution in [0.4, 0.5) is 0 Å². The molecule has 5 nitrogen and oxygen atoms in total. The molecule has 1 aromatic carbocycles. The van der Waals surface area contributed by atoms with Crippen molar-refractivity contribution in [3.63, 3.8) is 0 Å². The van der Waals surface area contributed by atoms with Gasteiger partial charge in [0.05, 0.1) is 13.3 Å². The summed E-state index contributed by atoms with van der Waals surface area (Å²) >= 11 is 0. The smallest absolute Gasteiger partial charge is 0.174 e. The summed E-state index contributed by atoms with van der Waals surface area (Å²) in [4.78, 5) is 10.6. The Morgan fingerprint density at radius 3 is 2.88 bits per heavy atom. The van der Waals surface area contributed by atoms with Gasteiger partial charge >= 0.3 is 0 Å². The Bertz CT molecular complexity index is 493. The lowest BCUT2D eigenvalue weighted by atomic mass is 10.2. The molecule has 0 saturated heterocycles. The first-order valence-corrected chi connectivity index (χ1v) is 4.99. The largest absolute Gasteiger partial charge is 0.493 e. The first-order valence-electron chi connectivity index (χ1n) is 4.99. The quantitative estimate of drug-likeness (QED) is 0.740. The van der Waals surface area contributed by atoms with Crippen molar-refractivity contribution < 1.29 is 18.8 Å². The molecule has 0 atom stereocenters. The van der Waals surface area contributed by atoms with Crippen molar-refractivity contribution in [3.8, 4) is 11.5 Å². The highest BCUT2D eigenvalue weighted by atomic mass is 16.5. The Hall–Kier alpha value is -2.30. The van der Waals surface area contributed by atoms with Gasteiger partial charge in [0.25, 0.3) is 0 Å². The van der Waals surface area contributed by atoms with E-state index in [4.69, 9.17) is 14.0 Å². The first-order chi connectivity index (χ1) is 8.33. The van der Waals surface area contributed by atoms with Gasteiger partial charge in [-0.1, -0.05) is 5.16 Å². The van der Waals surface area contributed by atoms with E-state index >= 15 is 0 Å². The second kappa shape index (κ2) is 5.16. The average Bonchev–Trinajstić information content (AvgIpc) is 2.89. The van der Waals surface area contributed by atoms with Crippen LogP contribution in [-0.2, 0) is 6.61 Å². The van der Waals surface area contributed by atoms with Gasteiger partial charge in [0, 0.05) is 11.6 Å². The van der Waals surface area contributed by atoms with Crippen molar-refractivity contribution in [2.24, 2.45) is 0 Å². The van der Waals surface area contributed by atoms with Gasteiger partial charge < -0.3 is 14.0 Å². The molecule has 0 fully saturated rings. The maximum atomic E-state index is 10.6. The van der Waals surface area contributed by atoms with Gasteiger partial charge in [0.2, 0.25) is 0 Å². The summed E-state index contributed by atoms with van der Waals surface area (Å²) in [6.07, 6.45) is 2.30. The molecule has 17 heavy (non-hydrogen) atoms. The van der Waals surface area contributed by atoms with E-state index in [0.717, 1.165) is 6.29 Å². The van der Waals surface area contributed by atoms with Crippen LogP contribution in [0, 0.1) is 0 Å². The highest BCUT2D eigenvalue weighted by molar-refractivity contribution is 5.76. The number of ether oxygens (including phenoxy) is 2. The van der Waals surface area contributed by atoms with Gasteiger partial charge in [-0.25, -0.2) is 0 Å². The number of aromatic nitrogens is 1. The minimum absolute atomic E-state index is 0.261. The van der Waals surface area contributed by atoms with Gasteiger partial charge in [-0.15, -0.1) is 0 Å². The van der Waals surface area contributed by atoms with Crippen molar-refractivity contribution in [2.75, 3.05) is 7.11 Å². The van der Waals surface area contributed by atoms with Crippen LogP contribution in [0.15, 0.2) is 35.0 Å². The Kier molecular flexibility index (Phi) is 3.40. The zero-order chi connectivity index (χ0) is 12.1. The van der Waals surface area contributed by atoms with Crippen LogP contribution < -0.4 is 9.47 Å². The second-order valence-corrected chi connectivity index (χ2v) is 3.30. The summed E-state index contributed by atoms with van der Waals surface area (Å²) in [5.41, 5.74) is 0.536. The Morgan fingerprint density at radius 2 is 2.24 bits per heavy atom. The summed E-state index contributed by atoms with van der Waals surface area (Å²) in [6.45, 7) is 0.261. The molecule has 0 aliphatic rings. The van der Waals surface area contributed by atoms with Crippen molar-refractivity contribution in [1.29, 1.82) is 0 Å². The molecule has 0 saturated carbocycles. The summed E-state index contributed by atoms with van der Waals surface area (Å²) in [5.74, 6) is 1.68. The maximum Gasteiger partial charge on any atom is 0.174 e. The Labute approximate surface area is 97.9 Å². The number of carbonyl (C=O) groups is 1. The predicted molar refractivity (Wildman–Crippen MR) is 59.2 cm³/mol. The molecule has 5 heteroatoms. The molecule has 0 N–H and O–H groups in total. The second-order valence-electron chi connectivity index (χ2n) is 3.30. The van der Waals surface area contributed by atoms with Crippen LogP contribution in [0.3, 0.4) is 0 Å². The number of aldehydes is 1. The molecular weight excluding hydrogens is 222 g/mol. The van der Waals surface area contributed by atoms with Crippen molar-refractivity contribution in [2.45, 2.75) is 6.61 Å². The van der Waals surface area contributed by atoms with E-state index < -0.39 is 0 Å². The lowest BCUT2D eigenvalue weighted by molar-refractivity contribution is 0.112. The predicted octanol–water partition coefficient (Wildman–Crippen LogP) is 2.07. The average molecular weight is 233 g/mol. The Morgan fingerprint density at radius 1 is 1.35 bits per heavy atom. The number of hydrogen-bond donors (Lipinski definition) is 0. The molecule has 0 unspecified atom stereocenters. The minimum Gasteiger partial charge on any atom is -0.493 e. The minimum atomic E-state index is 0.261. The zero-order valence-corrected chi connectivity index (χ0v) is 9.25. The van der Waals surface area contributed by atoms with E-state index in [9.17, 15) is 4.79 Å². The molecule has 1 heterocycles. The number of rotatable bonds is 5. The fraction of sp³-hybridized carbons (Fsp3) is 0.167. The number of hydrogen-bond acceptors (Lipinski definition) is 5. The lowest BCUT2D eigenvalue weighted by Gasteiger charge is -2.09. The Balaban J connectivity index is 2.12. The third-order valence-electron chi connectivity index (χ3n) is 2.18. The van der Waals surface area contributed by atoms with Crippen molar-refractivity contribution >= 4 is 6.29 Å². The van der Waals surface area contributed by atoms with E-state index in [1.165, 1.54) is 7.11 Å². The van der Waals surface area contributed by atoms with Crippen LogP contribution >= 0.6 is 0 Å². The SMILES string of the molecule is COc1cc(C=O)ccc1OCc1ccno1. The molecule has 0 spiro atoms. The lowest BCUT2D eigenvalue weighted by Crippen LogP contribution is -1.97. The number of nitrogens with zero attached hydrogens (tertiary/aromatic N) is 1. The summed E-state index contributed by atoms with van der Waals surface area (Å²) in [5, 5.41) is 3.57. The van der Waals surface area contributed by atoms with Crippen LogP contribution in [0.5, 0.6) is 11.5 Å². The number of benzene rings is 1. The van der Waals surface area contributed by atoms with Crippen LogP contribution in [-0.4, -0.2) is 18.6 Å². The van der Waals surface area contributed by atoms with E-state index in [0.29, 0.717) is 22.8 Å². The standard InChI is InChI=1S/C12H11NO4/c1-15-12-6-9(7-14)2-3-11(12)16-8-10-4-5-13-17-10/h2-7H,8H2,1H3. The van der Waals surface area contributed by atoms with Gasteiger partial charge in [-0.2, -0.15) is 0 Å². The molecule has 2 aromatic rings. The fourth-order valence-corrected chi connectivity index (χ4v) is 1.34. The molecule has 0 amide bonds. The molecule has 1 aromatic heterocycles. The monoisotopic (exact) mass is 233 g/mol. The molecule has 0 radical (unpaired) electrons. The van der Waals surface area contributed by atoms with Crippen LogP contribution in [0.2, 0.25) is 0 Å². The number of methoxy groups -OCH3 is 1. The van der Waals surface area contributed by atoms with Crippen molar-refractivity contribution in [3.05, 3.63) is 41.8 Å². The first kappa shape index (κ1) is 11.2. The maximum absolute atomic E-state index is 10.6. The van der Waals surface area contributed by atoms with E-state index in [-0.39, 0.29) is 6.61 Å². The number of carbonyl (C=O) groups excluding carboxylic acids is 1. The third kappa shape index (κ3) is 2.63. The molecule has 88 valence electrons. The molecular formula is C12H11NO4. The summed E-state index contributed by atoms with van der Waals surface area (Å²) in [6, 6.07) is 6.67. The van der Waals surface area contributed by atoms with Crippen molar-refractivity contribution in [1.82, 2.24) is 5.16 Å². The highest BCUT2D eigenvalue weighted by Crippen LogP contribution is 2.28. The van der Waals surface area contributed by atoms with E-state index in [1.807, 2.05) is 0 Å². The zero-order valence-electron chi connectivity index (χ0n) is 9.25. The van der Waals surface area contributed by atoms with Gasteiger partial charge in [-0.3, -0.25) is 4.79 Å². The molecule has 2 rings (SSSR count). The van der Waals surface area contributed by atoms with Gasteiger partial charge in [0.15, 0.2) is 17.3 Å². The highest BCUT2D eigenvalue weighted by Gasteiger charge is 2.06. The van der Waals surface area contributed by atoms with Crippen LogP contribution in [0.1, 0.15) is 16.1 Å². The molecule has 0 aliphatic heterocycles. The molecule has 0 aliphatic carbocycles. The third-order valence-corrected chi connectivity index (χ3v) is 2.18. The van der Waals surface area contributed by atoms with Crippen LogP contribution in [0.25, 0.3) is 0 Å². The van der Waals surface area contributed by atoms with E-state index in [2.05, 4.69) is 5.16 Å². The normalized spacial score (nSPS) is 9.94. The summed E-state index contributed by atoms with van der Waals surface area (Å²) in [7, 11) is 1.52. The van der Waals surface area contributed by atoms with E-state index in [1.54, 1.807) is 30.5 Å². The molecule has 0 bridgehead atoms. The summed E-state index contributed by atoms with van der Waals surface area (Å²) < 4.78 is 15.5. The topological polar surface area (TPSA) is 61.6 Å². The van der Waals surface area contributed by atoms with Gasteiger partial charge in [-0.05, 0) is 18.2 Å².